The lowest BCUT2D eigenvalue weighted by atomic mass is 9.84. The summed E-state index contributed by atoms with van der Waals surface area (Å²) in [5.41, 5.74) is 1.32. The van der Waals surface area contributed by atoms with Gasteiger partial charge in [-0.1, -0.05) is 51.3 Å². The lowest BCUT2D eigenvalue weighted by molar-refractivity contribution is 0.104. The predicted octanol–water partition coefficient (Wildman–Crippen LogP) is 3.47. The first-order valence-electron chi connectivity index (χ1n) is 8.30. The smallest absolute Gasteiger partial charge is 0.122 e. The van der Waals surface area contributed by atoms with Crippen molar-refractivity contribution in [1.29, 1.82) is 0 Å². The molecule has 0 radical (unpaired) electrons. The Bertz CT molecular complexity index is 413. The number of aliphatic hydroxyl groups excluding tert-OH is 1. The van der Waals surface area contributed by atoms with Crippen LogP contribution in [0.25, 0.3) is 0 Å². The third-order valence-corrected chi connectivity index (χ3v) is 4.16. The molecule has 2 N–H and O–H groups in total. The molecule has 1 aliphatic rings. The Balaban J connectivity index is 1.90. The zero-order valence-electron chi connectivity index (χ0n) is 13.3. The van der Waals surface area contributed by atoms with E-state index < -0.39 is 6.10 Å². The molecule has 3 heteroatoms. The van der Waals surface area contributed by atoms with E-state index in [4.69, 9.17) is 4.74 Å². The van der Waals surface area contributed by atoms with Gasteiger partial charge in [0.2, 0.25) is 0 Å². The zero-order chi connectivity index (χ0) is 15.1. The lowest BCUT2D eigenvalue weighted by Gasteiger charge is -2.24. The van der Waals surface area contributed by atoms with Gasteiger partial charge in [0.1, 0.15) is 18.5 Å². The first kappa shape index (κ1) is 16.3. The van der Waals surface area contributed by atoms with Crippen molar-refractivity contribution in [2.24, 2.45) is 0 Å². The average molecular weight is 291 g/mol. The van der Waals surface area contributed by atoms with Crippen LogP contribution in [0.4, 0.5) is 0 Å². The van der Waals surface area contributed by atoms with Crippen LogP contribution in [-0.4, -0.2) is 30.4 Å². The van der Waals surface area contributed by atoms with Crippen LogP contribution in [0, 0.1) is 0 Å². The summed E-state index contributed by atoms with van der Waals surface area (Å²) < 4.78 is 5.89. The quantitative estimate of drug-likeness (QED) is 0.808. The van der Waals surface area contributed by atoms with E-state index in [-0.39, 0.29) is 0 Å². The number of hydrogen-bond acceptors (Lipinski definition) is 3. The predicted molar refractivity (Wildman–Crippen MR) is 86.9 cm³/mol. The molecule has 3 nitrogen and oxygen atoms in total. The molecule has 0 aliphatic heterocycles. The highest BCUT2D eigenvalue weighted by atomic mass is 16.5. The van der Waals surface area contributed by atoms with E-state index >= 15 is 0 Å². The molecule has 21 heavy (non-hydrogen) atoms. The molecule has 1 fully saturated rings. The van der Waals surface area contributed by atoms with Crippen LogP contribution in [0.5, 0.6) is 5.75 Å². The molecule has 1 aromatic carbocycles. The SMILES string of the molecule is CC(C)NC[C@H](O)COc1ccccc1C1CCCCC1. The Morgan fingerprint density at radius 1 is 1.19 bits per heavy atom. The maximum atomic E-state index is 9.97. The number of nitrogens with one attached hydrogen (secondary N) is 1. The van der Waals surface area contributed by atoms with Gasteiger partial charge >= 0.3 is 0 Å². The summed E-state index contributed by atoms with van der Waals surface area (Å²) in [6.07, 6.45) is 6.06. The van der Waals surface area contributed by atoms with Gasteiger partial charge < -0.3 is 15.2 Å². The number of aliphatic hydroxyl groups is 1. The fraction of sp³-hybridized carbons (Fsp3) is 0.667. The minimum Gasteiger partial charge on any atom is -0.491 e. The third-order valence-electron chi connectivity index (χ3n) is 4.16. The van der Waals surface area contributed by atoms with Crippen molar-refractivity contribution in [3.8, 4) is 5.75 Å². The van der Waals surface area contributed by atoms with Crippen LogP contribution in [0.3, 0.4) is 0 Å². The maximum Gasteiger partial charge on any atom is 0.122 e. The highest BCUT2D eigenvalue weighted by Crippen LogP contribution is 2.37. The number of rotatable bonds is 7. The molecule has 1 atom stereocenters. The normalized spacial score (nSPS) is 17.9. The number of para-hydroxylation sites is 1. The Hall–Kier alpha value is -1.06. The van der Waals surface area contributed by atoms with Crippen molar-refractivity contribution < 1.29 is 9.84 Å². The molecule has 2 rings (SSSR count). The van der Waals surface area contributed by atoms with Crippen molar-refractivity contribution in [2.75, 3.05) is 13.2 Å². The summed E-state index contributed by atoms with van der Waals surface area (Å²) in [5.74, 6) is 1.58. The van der Waals surface area contributed by atoms with Crippen LogP contribution >= 0.6 is 0 Å². The van der Waals surface area contributed by atoms with E-state index in [0.717, 1.165) is 5.75 Å². The molecule has 0 bridgehead atoms. The molecular weight excluding hydrogens is 262 g/mol. The van der Waals surface area contributed by atoms with Gasteiger partial charge in [-0.2, -0.15) is 0 Å². The molecule has 0 heterocycles. The van der Waals surface area contributed by atoms with E-state index in [1.807, 2.05) is 12.1 Å². The molecule has 0 amide bonds. The summed E-state index contributed by atoms with van der Waals surface area (Å²) in [7, 11) is 0. The lowest BCUT2D eigenvalue weighted by Crippen LogP contribution is -2.35. The van der Waals surface area contributed by atoms with Crippen molar-refractivity contribution in [3.63, 3.8) is 0 Å². The molecule has 118 valence electrons. The fourth-order valence-electron chi connectivity index (χ4n) is 2.98. The second-order valence-electron chi connectivity index (χ2n) is 6.40. The summed E-state index contributed by atoms with van der Waals surface area (Å²) in [4.78, 5) is 0. The van der Waals surface area contributed by atoms with Gasteiger partial charge in [0.25, 0.3) is 0 Å². The zero-order valence-corrected chi connectivity index (χ0v) is 13.3. The Morgan fingerprint density at radius 3 is 2.62 bits per heavy atom. The average Bonchev–Trinajstić information content (AvgIpc) is 2.52. The second-order valence-corrected chi connectivity index (χ2v) is 6.40. The van der Waals surface area contributed by atoms with Crippen molar-refractivity contribution in [3.05, 3.63) is 29.8 Å². The van der Waals surface area contributed by atoms with Crippen molar-refractivity contribution >= 4 is 0 Å². The van der Waals surface area contributed by atoms with Gasteiger partial charge in [-0.25, -0.2) is 0 Å². The van der Waals surface area contributed by atoms with Gasteiger partial charge in [-0.15, -0.1) is 0 Å². The van der Waals surface area contributed by atoms with E-state index in [1.54, 1.807) is 0 Å². The summed E-state index contributed by atoms with van der Waals surface area (Å²) >= 11 is 0. The van der Waals surface area contributed by atoms with E-state index in [1.165, 1.54) is 37.7 Å². The van der Waals surface area contributed by atoms with Gasteiger partial charge in [0.15, 0.2) is 0 Å². The first-order chi connectivity index (χ1) is 10.2. The molecule has 1 saturated carbocycles. The summed E-state index contributed by atoms with van der Waals surface area (Å²) in [5, 5.41) is 13.2. The number of ether oxygens (including phenoxy) is 1. The topological polar surface area (TPSA) is 41.5 Å². The number of hydrogen-bond donors (Lipinski definition) is 2. The fourth-order valence-corrected chi connectivity index (χ4v) is 2.98. The Labute approximate surface area is 128 Å². The minimum atomic E-state index is -0.466. The van der Waals surface area contributed by atoms with Crippen LogP contribution in [0.1, 0.15) is 57.4 Å². The Kier molecular flexibility index (Phi) is 6.52. The van der Waals surface area contributed by atoms with E-state index in [9.17, 15) is 5.11 Å². The van der Waals surface area contributed by atoms with Crippen molar-refractivity contribution in [1.82, 2.24) is 5.32 Å². The largest absolute Gasteiger partial charge is 0.491 e. The van der Waals surface area contributed by atoms with Crippen molar-refractivity contribution in [2.45, 2.75) is 64.0 Å². The molecule has 0 spiro atoms. The molecular formula is C18H29NO2. The molecule has 1 aliphatic carbocycles. The Morgan fingerprint density at radius 2 is 1.90 bits per heavy atom. The molecule has 1 aromatic rings. The van der Waals surface area contributed by atoms with Gasteiger partial charge in [0.05, 0.1) is 0 Å². The van der Waals surface area contributed by atoms with E-state index in [2.05, 4.69) is 31.3 Å². The standard InChI is InChI=1S/C18H29NO2/c1-14(2)19-12-16(20)13-21-18-11-7-6-10-17(18)15-8-4-3-5-9-15/h6-7,10-11,14-16,19-20H,3-5,8-9,12-13H2,1-2H3/t16-/m0/s1. The third kappa shape index (κ3) is 5.33. The maximum absolute atomic E-state index is 9.97. The van der Waals surface area contributed by atoms with Crippen LogP contribution in [0.2, 0.25) is 0 Å². The van der Waals surface area contributed by atoms with Gasteiger partial charge in [0, 0.05) is 12.6 Å². The summed E-state index contributed by atoms with van der Waals surface area (Å²) in [6.45, 7) is 5.07. The van der Waals surface area contributed by atoms with Crippen LogP contribution in [-0.2, 0) is 0 Å². The summed E-state index contributed by atoms with van der Waals surface area (Å²) in [6, 6.07) is 8.71. The molecule has 0 saturated heterocycles. The highest BCUT2D eigenvalue weighted by molar-refractivity contribution is 5.36. The second kappa shape index (κ2) is 8.40. The van der Waals surface area contributed by atoms with E-state index in [0.29, 0.717) is 25.1 Å². The highest BCUT2D eigenvalue weighted by Gasteiger charge is 2.19. The monoisotopic (exact) mass is 291 g/mol. The van der Waals surface area contributed by atoms with Gasteiger partial charge in [-0.05, 0) is 30.4 Å². The van der Waals surface area contributed by atoms with Crippen LogP contribution in [0.15, 0.2) is 24.3 Å². The minimum absolute atomic E-state index is 0.351. The molecule has 0 aromatic heterocycles. The molecule has 0 unspecified atom stereocenters. The first-order valence-corrected chi connectivity index (χ1v) is 8.30. The number of benzene rings is 1. The van der Waals surface area contributed by atoms with Crippen LogP contribution < -0.4 is 10.1 Å². The van der Waals surface area contributed by atoms with Gasteiger partial charge in [-0.3, -0.25) is 0 Å².